The molecule has 1 aliphatic heterocycles. The predicted octanol–water partition coefficient (Wildman–Crippen LogP) is 1.48. The van der Waals surface area contributed by atoms with Gasteiger partial charge in [-0.3, -0.25) is 0 Å². The maximum absolute atomic E-state index is 6.18. The fraction of sp³-hybridized carbons (Fsp3) is 0.833. The van der Waals surface area contributed by atoms with Gasteiger partial charge in [0.1, 0.15) is 0 Å². The Morgan fingerprint density at radius 3 is 2.59 bits per heavy atom. The maximum Gasteiger partial charge on any atom is 0.266 e. The maximum atomic E-state index is 6.18. The third-order valence-electron chi connectivity index (χ3n) is 3.95. The van der Waals surface area contributed by atoms with Gasteiger partial charge in [0, 0.05) is 25.0 Å². The molecule has 2 aliphatic rings. The van der Waals surface area contributed by atoms with Gasteiger partial charge in [0.05, 0.1) is 0 Å². The van der Waals surface area contributed by atoms with Gasteiger partial charge in [-0.25, -0.2) is 0 Å². The number of hydrogen-bond donors (Lipinski definition) is 1. The summed E-state index contributed by atoms with van der Waals surface area (Å²) in [6.45, 7) is 2.10. The Hall–Kier alpha value is -1.10. The molecular formula is C12H20N4O. The van der Waals surface area contributed by atoms with E-state index in [1.807, 2.05) is 0 Å². The fourth-order valence-electron chi connectivity index (χ4n) is 2.65. The highest BCUT2D eigenvalue weighted by molar-refractivity contribution is 5.28. The SMILES string of the molecule is NC1(Cc2nc(N3CCCCC3)no2)CCC1. The summed E-state index contributed by atoms with van der Waals surface area (Å²) in [5.41, 5.74) is 6.10. The number of nitrogens with zero attached hydrogens (tertiary/aromatic N) is 3. The van der Waals surface area contributed by atoms with Crippen LogP contribution in [0.25, 0.3) is 0 Å². The molecule has 0 radical (unpaired) electrons. The summed E-state index contributed by atoms with van der Waals surface area (Å²) in [5, 5.41) is 4.07. The number of hydrogen-bond acceptors (Lipinski definition) is 5. The number of anilines is 1. The first-order chi connectivity index (χ1) is 8.25. The highest BCUT2D eigenvalue weighted by Gasteiger charge is 2.34. The van der Waals surface area contributed by atoms with Crippen LogP contribution in [0, 0.1) is 0 Å². The molecular weight excluding hydrogens is 216 g/mol. The van der Waals surface area contributed by atoms with Crippen LogP contribution in [0.4, 0.5) is 5.95 Å². The smallest absolute Gasteiger partial charge is 0.266 e. The summed E-state index contributed by atoms with van der Waals surface area (Å²) in [7, 11) is 0. The molecule has 0 unspecified atom stereocenters. The Balaban J connectivity index is 1.65. The van der Waals surface area contributed by atoms with Crippen LogP contribution in [-0.2, 0) is 6.42 Å². The Morgan fingerprint density at radius 1 is 1.18 bits per heavy atom. The summed E-state index contributed by atoms with van der Waals surface area (Å²) in [6.07, 6.45) is 7.88. The monoisotopic (exact) mass is 236 g/mol. The lowest BCUT2D eigenvalue weighted by molar-refractivity contribution is 0.222. The van der Waals surface area contributed by atoms with Gasteiger partial charge in [0.15, 0.2) is 0 Å². The molecule has 2 heterocycles. The highest BCUT2D eigenvalue weighted by Crippen LogP contribution is 2.32. The van der Waals surface area contributed by atoms with Crippen LogP contribution in [0.5, 0.6) is 0 Å². The summed E-state index contributed by atoms with van der Waals surface area (Å²) in [5.74, 6) is 1.45. The van der Waals surface area contributed by atoms with E-state index in [1.165, 1.54) is 25.7 Å². The summed E-state index contributed by atoms with van der Waals surface area (Å²) in [4.78, 5) is 6.68. The van der Waals surface area contributed by atoms with Crippen LogP contribution in [-0.4, -0.2) is 28.8 Å². The first-order valence-electron chi connectivity index (χ1n) is 6.62. The van der Waals surface area contributed by atoms with E-state index in [-0.39, 0.29) is 5.54 Å². The van der Waals surface area contributed by atoms with Gasteiger partial charge < -0.3 is 15.2 Å². The molecule has 1 saturated carbocycles. The average molecular weight is 236 g/mol. The second kappa shape index (κ2) is 4.29. The van der Waals surface area contributed by atoms with E-state index < -0.39 is 0 Å². The van der Waals surface area contributed by atoms with Crippen molar-refractivity contribution in [1.82, 2.24) is 10.1 Å². The van der Waals surface area contributed by atoms with E-state index in [4.69, 9.17) is 10.3 Å². The molecule has 0 aromatic carbocycles. The lowest BCUT2D eigenvalue weighted by Crippen LogP contribution is -2.48. The van der Waals surface area contributed by atoms with Crippen molar-refractivity contribution >= 4 is 5.95 Å². The van der Waals surface area contributed by atoms with E-state index in [2.05, 4.69) is 15.0 Å². The van der Waals surface area contributed by atoms with Crippen molar-refractivity contribution in [2.45, 2.75) is 50.5 Å². The van der Waals surface area contributed by atoms with Crippen molar-refractivity contribution in [1.29, 1.82) is 0 Å². The number of aromatic nitrogens is 2. The van der Waals surface area contributed by atoms with E-state index in [9.17, 15) is 0 Å². The van der Waals surface area contributed by atoms with Gasteiger partial charge in [-0.2, -0.15) is 4.98 Å². The van der Waals surface area contributed by atoms with Crippen molar-refractivity contribution in [2.75, 3.05) is 18.0 Å². The molecule has 3 rings (SSSR count). The van der Waals surface area contributed by atoms with Crippen molar-refractivity contribution < 1.29 is 4.52 Å². The highest BCUT2D eigenvalue weighted by atomic mass is 16.5. The third kappa shape index (κ3) is 2.29. The first-order valence-corrected chi connectivity index (χ1v) is 6.62. The van der Waals surface area contributed by atoms with Crippen LogP contribution >= 0.6 is 0 Å². The molecule has 17 heavy (non-hydrogen) atoms. The van der Waals surface area contributed by atoms with Gasteiger partial charge in [0.2, 0.25) is 5.89 Å². The van der Waals surface area contributed by atoms with Gasteiger partial charge in [-0.1, -0.05) is 0 Å². The molecule has 1 aromatic rings. The molecule has 0 atom stereocenters. The Bertz CT molecular complexity index is 380. The lowest BCUT2D eigenvalue weighted by atomic mass is 9.75. The predicted molar refractivity (Wildman–Crippen MR) is 64.8 cm³/mol. The van der Waals surface area contributed by atoms with E-state index in [0.717, 1.165) is 38.3 Å². The number of rotatable bonds is 3. The molecule has 5 nitrogen and oxygen atoms in total. The molecule has 0 amide bonds. The zero-order valence-electron chi connectivity index (χ0n) is 10.2. The average Bonchev–Trinajstić information content (AvgIpc) is 2.77. The van der Waals surface area contributed by atoms with Gasteiger partial charge >= 0.3 is 0 Å². The second-order valence-electron chi connectivity index (χ2n) is 5.43. The molecule has 1 saturated heterocycles. The summed E-state index contributed by atoms with van der Waals surface area (Å²) in [6, 6.07) is 0. The molecule has 5 heteroatoms. The summed E-state index contributed by atoms with van der Waals surface area (Å²) >= 11 is 0. The van der Waals surface area contributed by atoms with Crippen LogP contribution in [0.3, 0.4) is 0 Å². The van der Waals surface area contributed by atoms with Crippen LogP contribution in [0.2, 0.25) is 0 Å². The van der Waals surface area contributed by atoms with Crippen LogP contribution in [0.15, 0.2) is 4.52 Å². The molecule has 0 bridgehead atoms. The Labute approximate surface area is 101 Å². The first kappa shape index (κ1) is 11.0. The Kier molecular flexibility index (Phi) is 2.78. The van der Waals surface area contributed by atoms with Crippen LogP contribution < -0.4 is 10.6 Å². The minimum Gasteiger partial charge on any atom is -0.338 e. The van der Waals surface area contributed by atoms with Crippen molar-refractivity contribution in [3.8, 4) is 0 Å². The molecule has 94 valence electrons. The van der Waals surface area contributed by atoms with Crippen molar-refractivity contribution in [3.63, 3.8) is 0 Å². The zero-order valence-corrected chi connectivity index (χ0v) is 10.2. The third-order valence-corrected chi connectivity index (χ3v) is 3.95. The summed E-state index contributed by atoms with van der Waals surface area (Å²) < 4.78 is 5.31. The molecule has 0 spiro atoms. The zero-order chi connectivity index (χ0) is 11.7. The normalized spacial score (nSPS) is 23.5. The van der Waals surface area contributed by atoms with Crippen molar-refractivity contribution in [3.05, 3.63) is 5.89 Å². The standard InChI is InChI=1S/C12H20N4O/c13-12(5-4-6-12)9-10-14-11(15-17-10)16-7-2-1-3-8-16/h1-9,13H2. The number of nitrogens with two attached hydrogens (primary N) is 1. The van der Waals surface area contributed by atoms with Gasteiger partial charge in [0.25, 0.3) is 5.95 Å². The minimum absolute atomic E-state index is 0.0777. The molecule has 1 aromatic heterocycles. The molecule has 2 N–H and O–H groups in total. The van der Waals surface area contributed by atoms with Crippen molar-refractivity contribution in [2.24, 2.45) is 5.73 Å². The van der Waals surface area contributed by atoms with Gasteiger partial charge in [-0.05, 0) is 43.7 Å². The lowest BCUT2D eigenvalue weighted by Gasteiger charge is -2.36. The quantitative estimate of drug-likeness (QED) is 0.861. The second-order valence-corrected chi connectivity index (χ2v) is 5.43. The fourth-order valence-corrected chi connectivity index (χ4v) is 2.65. The van der Waals surface area contributed by atoms with E-state index in [1.54, 1.807) is 0 Å². The largest absolute Gasteiger partial charge is 0.338 e. The van der Waals surface area contributed by atoms with E-state index in [0.29, 0.717) is 5.89 Å². The number of piperidine rings is 1. The van der Waals surface area contributed by atoms with E-state index >= 15 is 0 Å². The minimum atomic E-state index is -0.0777. The topological polar surface area (TPSA) is 68.2 Å². The molecule has 2 fully saturated rings. The van der Waals surface area contributed by atoms with Gasteiger partial charge in [-0.15, -0.1) is 0 Å². The Morgan fingerprint density at radius 2 is 1.94 bits per heavy atom. The molecule has 1 aliphatic carbocycles. The van der Waals surface area contributed by atoms with Crippen LogP contribution in [0.1, 0.15) is 44.4 Å².